The minimum absolute atomic E-state index is 0.146. The maximum Gasteiger partial charge on any atom is 0.262 e. The molecule has 1 unspecified atom stereocenters. The van der Waals surface area contributed by atoms with Gasteiger partial charge in [-0.3, -0.25) is 4.79 Å². The highest BCUT2D eigenvalue weighted by Gasteiger charge is 2.16. The largest absolute Gasteiger partial charge is 0.484 e. The van der Waals surface area contributed by atoms with Gasteiger partial charge in [-0.05, 0) is 61.9 Å². The van der Waals surface area contributed by atoms with E-state index in [4.69, 9.17) is 16.3 Å². The van der Waals surface area contributed by atoms with E-state index in [-0.39, 0.29) is 23.5 Å². The first-order chi connectivity index (χ1) is 12.3. The monoisotopic (exact) mass is 396 g/mol. The maximum absolute atomic E-state index is 12.2. The van der Waals surface area contributed by atoms with Crippen LogP contribution < -0.4 is 14.8 Å². The van der Waals surface area contributed by atoms with E-state index in [1.807, 2.05) is 6.92 Å². The van der Waals surface area contributed by atoms with Gasteiger partial charge in [0.1, 0.15) is 5.75 Å². The van der Waals surface area contributed by atoms with Crippen molar-refractivity contribution in [3.8, 4) is 5.75 Å². The van der Waals surface area contributed by atoms with Crippen LogP contribution in [-0.4, -0.2) is 27.0 Å². The number of halogens is 1. The highest BCUT2D eigenvalue weighted by atomic mass is 35.5. The van der Waals surface area contributed by atoms with Crippen molar-refractivity contribution in [1.29, 1.82) is 0 Å². The molecule has 2 aromatic rings. The number of amides is 1. The molecule has 8 heteroatoms. The Morgan fingerprint density at radius 1 is 1.12 bits per heavy atom. The van der Waals surface area contributed by atoms with Crippen LogP contribution in [-0.2, 0) is 14.8 Å². The number of sulfonamides is 1. The fourth-order valence-corrected chi connectivity index (χ4v) is 3.46. The molecule has 6 nitrogen and oxygen atoms in total. The highest BCUT2D eigenvalue weighted by Crippen LogP contribution is 2.17. The first-order valence-corrected chi connectivity index (χ1v) is 9.97. The molecule has 0 saturated carbocycles. The van der Waals surface area contributed by atoms with Crippen LogP contribution in [0.4, 0.5) is 5.69 Å². The number of benzene rings is 2. The lowest BCUT2D eigenvalue weighted by Crippen LogP contribution is -2.31. The second-order valence-corrected chi connectivity index (χ2v) is 7.90. The standard InChI is InChI=1S/C18H21ClN2O4S/c1-3-13(2)21-26(23,24)17-10-6-15(7-11-17)20-18(22)12-25-16-8-4-14(19)5-9-16/h4-11,13,21H,3,12H2,1-2H3,(H,20,22). The Morgan fingerprint density at radius 3 is 2.31 bits per heavy atom. The molecule has 0 aliphatic heterocycles. The van der Waals surface area contributed by atoms with Gasteiger partial charge in [-0.25, -0.2) is 13.1 Å². The number of nitrogens with one attached hydrogen (secondary N) is 2. The quantitative estimate of drug-likeness (QED) is 0.715. The average Bonchev–Trinajstić information content (AvgIpc) is 2.61. The molecule has 26 heavy (non-hydrogen) atoms. The summed E-state index contributed by atoms with van der Waals surface area (Å²) >= 11 is 5.78. The lowest BCUT2D eigenvalue weighted by molar-refractivity contribution is -0.118. The summed E-state index contributed by atoms with van der Waals surface area (Å²) in [4.78, 5) is 12.1. The van der Waals surface area contributed by atoms with E-state index < -0.39 is 10.0 Å². The fraction of sp³-hybridized carbons (Fsp3) is 0.278. The van der Waals surface area contributed by atoms with Crippen LogP contribution in [0.25, 0.3) is 0 Å². The van der Waals surface area contributed by atoms with Crippen molar-refractivity contribution >= 4 is 33.2 Å². The zero-order chi connectivity index (χ0) is 19.2. The van der Waals surface area contributed by atoms with E-state index >= 15 is 0 Å². The highest BCUT2D eigenvalue weighted by molar-refractivity contribution is 7.89. The Hall–Kier alpha value is -2.09. The molecule has 0 aromatic heterocycles. The van der Waals surface area contributed by atoms with Crippen LogP contribution in [0.5, 0.6) is 5.75 Å². The Labute approximate surface area is 158 Å². The average molecular weight is 397 g/mol. The molecule has 2 rings (SSSR count). The van der Waals surface area contributed by atoms with Crippen LogP contribution in [0.3, 0.4) is 0 Å². The third kappa shape index (κ3) is 6.01. The lowest BCUT2D eigenvalue weighted by Gasteiger charge is -2.12. The van der Waals surface area contributed by atoms with Crippen molar-refractivity contribution in [3.63, 3.8) is 0 Å². The summed E-state index contributed by atoms with van der Waals surface area (Å²) in [6, 6.07) is 12.5. The first kappa shape index (κ1) is 20.2. The van der Waals surface area contributed by atoms with Gasteiger partial charge in [-0.2, -0.15) is 0 Å². The van der Waals surface area contributed by atoms with E-state index in [0.29, 0.717) is 22.9 Å². The molecule has 1 amide bonds. The van der Waals surface area contributed by atoms with Crippen LogP contribution in [0.1, 0.15) is 20.3 Å². The number of carbonyl (C=O) groups excluding carboxylic acids is 1. The number of ether oxygens (including phenoxy) is 1. The molecule has 0 aliphatic carbocycles. The van der Waals surface area contributed by atoms with E-state index in [1.54, 1.807) is 31.2 Å². The van der Waals surface area contributed by atoms with Crippen molar-refractivity contribution < 1.29 is 17.9 Å². The molecular formula is C18H21ClN2O4S. The molecule has 0 fully saturated rings. The third-order valence-electron chi connectivity index (χ3n) is 3.60. The first-order valence-electron chi connectivity index (χ1n) is 8.11. The SMILES string of the molecule is CCC(C)NS(=O)(=O)c1ccc(NC(=O)COc2ccc(Cl)cc2)cc1. The van der Waals surface area contributed by atoms with Gasteiger partial charge in [-0.1, -0.05) is 18.5 Å². The second-order valence-electron chi connectivity index (χ2n) is 5.75. The molecule has 2 N–H and O–H groups in total. The molecule has 1 atom stereocenters. The van der Waals surface area contributed by atoms with Crippen molar-refractivity contribution in [1.82, 2.24) is 4.72 Å². The Balaban J connectivity index is 1.91. The molecule has 140 valence electrons. The summed E-state index contributed by atoms with van der Waals surface area (Å²) in [7, 11) is -3.56. The zero-order valence-corrected chi connectivity index (χ0v) is 16.1. The van der Waals surface area contributed by atoms with Crippen molar-refractivity contribution in [2.75, 3.05) is 11.9 Å². The van der Waals surface area contributed by atoms with Gasteiger partial charge >= 0.3 is 0 Å². The molecule has 0 spiro atoms. The Morgan fingerprint density at radius 2 is 1.73 bits per heavy atom. The fourth-order valence-electron chi connectivity index (χ4n) is 2.01. The molecule has 0 radical (unpaired) electrons. The van der Waals surface area contributed by atoms with E-state index in [9.17, 15) is 13.2 Å². The summed E-state index contributed by atoms with van der Waals surface area (Å²) in [5.41, 5.74) is 0.484. The second kappa shape index (κ2) is 9.02. The van der Waals surface area contributed by atoms with E-state index in [1.165, 1.54) is 24.3 Å². The van der Waals surface area contributed by atoms with Crippen molar-refractivity contribution in [2.45, 2.75) is 31.2 Å². The van der Waals surface area contributed by atoms with Gasteiger partial charge in [0.05, 0.1) is 4.90 Å². The van der Waals surface area contributed by atoms with E-state index in [2.05, 4.69) is 10.0 Å². The predicted octanol–water partition coefficient (Wildman–Crippen LogP) is 3.43. The summed E-state index contributed by atoms with van der Waals surface area (Å²) in [5.74, 6) is 0.176. The molecule has 0 heterocycles. The molecule has 2 aromatic carbocycles. The normalized spacial score (nSPS) is 12.4. The summed E-state index contributed by atoms with van der Waals surface area (Å²) in [6.45, 7) is 3.53. The summed E-state index contributed by atoms with van der Waals surface area (Å²) < 4.78 is 32.3. The Kier molecular flexibility index (Phi) is 7.02. The van der Waals surface area contributed by atoms with Gasteiger partial charge in [0.2, 0.25) is 10.0 Å². The topological polar surface area (TPSA) is 84.5 Å². The smallest absolute Gasteiger partial charge is 0.262 e. The minimum atomic E-state index is -3.56. The maximum atomic E-state index is 12.2. The van der Waals surface area contributed by atoms with Crippen LogP contribution in [0, 0.1) is 0 Å². The van der Waals surface area contributed by atoms with Gasteiger partial charge in [0.15, 0.2) is 6.61 Å². The van der Waals surface area contributed by atoms with Crippen LogP contribution in [0.2, 0.25) is 5.02 Å². The predicted molar refractivity (Wildman–Crippen MR) is 102 cm³/mol. The van der Waals surface area contributed by atoms with Gasteiger partial charge in [-0.15, -0.1) is 0 Å². The molecule has 0 bridgehead atoms. The van der Waals surface area contributed by atoms with Crippen LogP contribution in [0.15, 0.2) is 53.4 Å². The molecule has 0 saturated heterocycles. The molecule has 0 aliphatic rings. The van der Waals surface area contributed by atoms with Crippen molar-refractivity contribution in [3.05, 3.63) is 53.6 Å². The minimum Gasteiger partial charge on any atom is -0.484 e. The number of carbonyl (C=O) groups is 1. The lowest BCUT2D eigenvalue weighted by atomic mass is 10.3. The molecular weight excluding hydrogens is 376 g/mol. The summed E-state index contributed by atoms with van der Waals surface area (Å²) in [5, 5.41) is 3.23. The number of hydrogen-bond donors (Lipinski definition) is 2. The van der Waals surface area contributed by atoms with Gasteiger partial charge in [0.25, 0.3) is 5.91 Å². The zero-order valence-electron chi connectivity index (χ0n) is 14.5. The van der Waals surface area contributed by atoms with Crippen molar-refractivity contribution in [2.24, 2.45) is 0 Å². The van der Waals surface area contributed by atoms with Gasteiger partial charge < -0.3 is 10.1 Å². The van der Waals surface area contributed by atoms with Gasteiger partial charge in [0, 0.05) is 16.8 Å². The van der Waals surface area contributed by atoms with Crippen LogP contribution >= 0.6 is 11.6 Å². The number of anilines is 1. The Bertz CT molecular complexity index is 836. The van der Waals surface area contributed by atoms with E-state index in [0.717, 1.165) is 0 Å². The summed E-state index contributed by atoms with van der Waals surface area (Å²) in [6.07, 6.45) is 0.695. The number of rotatable bonds is 8. The number of hydrogen-bond acceptors (Lipinski definition) is 4. The third-order valence-corrected chi connectivity index (χ3v) is 5.46.